The number of Topliss-reactive ketones (excluding diaryl/α,β-unsaturated/α-hetero) is 1. The van der Waals surface area contributed by atoms with E-state index in [4.69, 9.17) is 0 Å². The maximum Gasteiger partial charge on any atom is 0.150 e. The van der Waals surface area contributed by atoms with E-state index in [0.717, 1.165) is 11.6 Å². The molecule has 0 spiro atoms. The molecule has 1 fully saturated rings. The number of rotatable bonds is 2. The summed E-state index contributed by atoms with van der Waals surface area (Å²) >= 11 is 0. The van der Waals surface area contributed by atoms with E-state index in [9.17, 15) is 4.79 Å². The van der Waals surface area contributed by atoms with Crippen molar-refractivity contribution in [2.24, 2.45) is 0 Å². The van der Waals surface area contributed by atoms with Crippen LogP contribution in [0.2, 0.25) is 0 Å². The highest BCUT2D eigenvalue weighted by Gasteiger charge is 2.42. The van der Waals surface area contributed by atoms with Gasteiger partial charge in [0, 0.05) is 23.6 Å². The van der Waals surface area contributed by atoms with E-state index in [-0.39, 0.29) is 11.6 Å². The molecule has 0 N–H and O–H groups in total. The van der Waals surface area contributed by atoms with Crippen molar-refractivity contribution in [2.75, 3.05) is 24.1 Å². The van der Waals surface area contributed by atoms with Gasteiger partial charge in [-0.1, -0.05) is 6.92 Å². The Balaban J connectivity index is 2.89. The average molecular weight is 231 g/mol. The standard InChI is InChI=1S/C12H25NOS/c1-7-11(14)10-8-15(5,6)9-13(10)12(2,3)4/h10H,7-9H2,1-6H3/t10-/m0/s1. The van der Waals surface area contributed by atoms with Gasteiger partial charge < -0.3 is 0 Å². The predicted octanol–water partition coefficient (Wildman–Crippen LogP) is 2.47. The van der Waals surface area contributed by atoms with Crippen LogP contribution in [0.4, 0.5) is 0 Å². The molecule has 0 aromatic carbocycles. The number of ketones is 1. The van der Waals surface area contributed by atoms with Gasteiger partial charge in [-0.25, -0.2) is 10.0 Å². The number of carbonyl (C=O) groups excluding carboxylic acids is 1. The van der Waals surface area contributed by atoms with E-state index in [1.54, 1.807) is 0 Å². The van der Waals surface area contributed by atoms with Gasteiger partial charge in [-0.15, -0.1) is 0 Å². The fraction of sp³-hybridized carbons (Fsp3) is 0.917. The highest BCUT2D eigenvalue weighted by molar-refractivity contribution is 8.32. The summed E-state index contributed by atoms with van der Waals surface area (Å²) in [5, 5.41) is 0. The zero-order valence-electron chi connectivity index (χ0n) is 11.0. The highest BCUT2D eigenvalue weighted by Crippen LogP contribution is 2.49. The Bertz CT molecular complexity index is 255. The first-order chi connectivity index (χ1) is 6.67. The van der Waals surface area contributed by atoms with Crippen LogP contribution in [0.1, 0.15) is 34.1 Å². The summed E-state index contributed by atoms with van der Waals surface area (Å²) in [6, 6.07) is 0.181. The first-order valence-electron chi connectivity index (χ1n) is 5.65. The molecular weight excluding hydrogens is 206 g/mol. The van der Waals surface area contributed by atoms with Gasteiger partial charge in [-0.3, -0.25) is 9.69 Å². The van der Waals surface area contributed by atoms with Gasteiger partial charge in [-0.2, -0.15) is 0 Å². The van der Waals surface area contributed by atoms with Gasteiger partial charge in [0.1, 0.15) is 0 Å². The van der Waals surface area contributed by atoms with Crippen molar-refractivity contribution in [3.05, 3.63) is 0 Å². The van der Waals surface area contributed by atoms with Crippen molar-refractivity contribution >= 4 is 15.8 Å². The van der Waals surface area contributed by atoms with Gasteiger partial charge in [0.05, 0.1) is 6.04 Å². The quantitative estimate of drug-likeness (QED) is 0.727. The molecule has 0 aliphatic carbocycles. The molecule has 90 valence electrons. The van der Waals surface area contributed by atoms with E-state index in [0.29, 0.717) is 12.2 Å². The van der Waals surface area contributed by atoms with Crippen molar-refractivity contribution in [1.82, 2.24) is 4.90 Å². The van der Waals surface area contributed by atoms with Crippen LogP contribution >= 0.6 is 10.0 Å². The second kappa shape index (κ2) is 4.10. The Morgan fingerprint density at radius 3 is 2.33 bits per heavy atom. The van der Waals surface area contributed by atoms with E-state index < -0.39 is 10.0 Å². The predicted molar refractivity (Wildman–Crippen MR) is 69.9 cm³/mol. The van der Waals surface area contributed by atoms with Crippen LogP contribution < -0.4 is 0 Å². The molecule has 0 aromatic rings. The topological polar surface area (TPSA) is 20.3 Å². The molecule has 0 saturated carbocycles. The van der Waals surface area contributed by atoms with Gasteiger partial charge in [0.2, 0.25) is 0 Å². The van der Waals surface area contributed by atoms with Crippen molar-refractivity contribution in [3.8, 4) is 0 Å². The first kappa shape index (κ1) is 13.0. The molecular formula is C12H25NOS. The van der Waals surface area contributed by atoms with Crippen molar-refractivity contribution in [2.45, 2.75) is 45.7 Å². The van der Waals surface area contributed by atoms with Gasteiger partial charge in [0.25, 0.3) is 0 Å². The maximum absolute atomic E-state index is 11.9. The lowest BCUT2D eigenvalue weighted by molar-refractivity contribution is -0.124. The summed E-state index contributed by atoms with van der Waals surface area (Å²) in [6.07, 6.45) is 5.36. The van der Waals surface area contributed by atoms with Crippen molar-refractivity contribution in [3.63, 3.8) is 0 Å². The largest absolute Gasteiger partial charge is 0.298 e. The second-order valence-corrected chi connectivity index (χ2v) is 10.2. The van der Waals surface area contributed by atoms with E-state index >= 15 is 0 Å². The van der Waals surface area contributed by atoms with E-state index in [1.807, 2.05) is 6.92 Å². The van der Waals surface area contributed by atoms with Crippen molar-refractivity contribution in [1.29, 1.82) is 0 Å². The van der Waals surface area contributed by atoms with Crippen LogP contribution in [-0.2, 0) is 4.79 Å². The Morgan fingerprint density at radius 1 is 1.40 bits per heavy atom. The number of nitrogens with zero attached hydrogens (tertiary/aromatic N) is 1. The summed E-state index contributed by atoms with van der Waals surface area (Å²) in [4.78, 5) is 14.3. The van der Waals surface area contributed by atoms with Gasteiger partial charge >= 0.3 is 0 Å². The normalized spacial score (nSPS) is 29.1. The minimum Gasteiger partial charge on any atom is -0.298 e. The van der Waals surface area contributed by atoms with Crippen LogP contribution in [-0.4, -0.2) is 46.4 Å². The zero-order chi connectivity index (χ0) is 11.9. The zero-order valence-corrected chi connectivity index (χ0v) is 11.8. The highest BCUT2D eigenvalue weighted by atomic mass is 32.3. The Hall–Kier alpha value is -0.0200. The molecule has 1 rings (SSSR count). The average Bonchev–Trinajstić information content (AvgIpc) is 2.39. The molecule has 0 unspecified atom stereocenters. The molecule has 3 heteroatoms. The third kappa shape index (κ3) is 2.97. The number of hydrogen-bond donors (Lipinski definition) is 0. The lowest BCUT2D eigenvalue weighted by atomic mass is 10.0. The van der Waals surface area contributed by atoms with Crippen LogP contribution in [0.3, 0.4) is 0 Å². The molecule has 0 radical (unpaired) electrons. The summed E-state index contributed by atoms with van der Waals surface area (Å²) in [7, 11) is -0.578. The molecule has 0 bridgehead atoms. The van der Waals surface area contributed by atoms with E-state index in [1.165, 1.54) is 0 Å². The molecule has 1 atom stereocenters. The molecule has 1 aliphatic rings. The van der Waals surface area contributed by atoms with Crippen LogP contribution in [0, 0.1) is 0 Å². The minimum atomic E-state index is -0.578. The van der Waals surface area contributed by atoms with Crippen LogP contribution in [0.5, 0.6) is 0 Å². The SMILES string of the molecule is CCC(=O)[C@@H]1CS(C)(C)CN1C(C)(C)C. The monoisotopic (exact) mass is 231 g/mol. The first-order valence-corrected chi connectivity index (χ1v) is 8.44. The number of carbonyl (C=O) groups is 1. The third-order valence-corrected chi connectivity index (χ3v) is 5.25. The fourth-order valence-electron chi connectivity index (χ4n) is 2.20. The fourth-order valence-corrected chi connectivity index (χ4v) is 4.85. The van der Waals surface area contributed by atoms with Crippen LogP contribution in [0.25, 0.3) is 0 Å². The van der Waals surface area contributed by atoms with Crippen molar-refractivity contribution < 1.29 is 4.79 Å². The molecule has 1 saturated heterocycles. The van der Waals surface area contributed by atoms with Gasteiger partial charge in [0.15, 0.2) is 5.78 Å². The Morgan fingerprint density at radius 2 is 1.93 bits per heavy atom. The van der Waals surface area contributed by atoms with Gasteiger partial charge in [-0.05, 0) is 33.3 Å². The molecule has 2 nitrogen and oxygen atoms in total. The molecule has 1 heterocycles. The lowest BCUT2D eigenvalue weighted by Crippen LogP contribution is -2.48. The summed E-state index contributed by atoms with van der Waals surface area (Å²) in [5.41, 5.74) is 0.121. The Labute approximate surface area is 95.7 Å². The van der Waals surface area contributed by atoms with Crippen LogP contribution in [0.15, 0.2) is 0 Å². The molecule has 0 aromatic heterocycles. The summed E-state index contributed by atoms with van der Waals surface area (Å²) < 4.78 is 0. The summed E-state index contributed by atoms with van der Waals surface area (Å²) in [6.45, 7) is 8.61. The second-order valence-electron chi connectivity index (χ2n) is 6.04. The number of hydrogen-bond acceptors (Lipinski definition) is 2. The molecule has 15 heavy (non-hydrogen) atoms. The summed E-state index contributed by atoms with van der Waals surface area (Å²) in [5.74, 6) is 2.63. The lowest BCUT2D eigenvalue weighted by Gasteiger charge is -2.36. The minimum absolute atomic E-state index is 0.121. The maximum atomic E-state index is 11.9. The third-order valence-electron chi connectivity index (χ3n) is 3.06. The molecule has 0 amide bonds. The smallest absolute Gasteiger partial charge is 0.150 e. The molecule has 1 aliphatic heterocycles. The Kier molecular flexibility index (Phi) is 3.56. The van der Waals surface area contributed by atoms with E-state index in [2.05, 4.69) is 38.2 Å².